The fraction of sp³-hybridized carbons (Fsp3) is 0.269. The van der Waals surface area contributed by atoms with Crippen LogP contribution in [0.4, 0.5) is 13.2 Å². The molecular formula is C26H22F3N7O. The number of benzene rings is 1. The largest absolute Gasteiger partial charge is 0.480 e. The van der Waals surface area contributed by atoms with Gasteiger partial charge in [-0.2, -0.15) is 13.2 Å². The van der Waals surface area contributed by atoms with E-state index in [1.54, 1.807) is 25.4 Å². The fourth-order valence-corrected chi connectivity index (χ4v) is 4.51. The summed E-state index contributed by atoms with van der Waals surface area (Å²) in [5.41, 5.74) is 4.81. The third kappa shape index (κ3) is 4.30. The maximum absolute atomic E-state index is 13.1. The Bertz CT molecular complexity index is 1600. The van der Waals surface area contributed by atoms with Crippen LogP contribution in [0.25, 0.3) is 33.8 Å². The fourth-order valence-electron chi connectivity index (χ4n) is 4.51. The maximum atomic E-state index is 13.1. The Labute approximate surface area is 209 Å². The number of ether oxygens (including phenoxy) is 1. The Morgan fingerprint density at radius 2 is 1.84 bits per heavy atom. The number of nitrogens with zero attached hydrogens (tertiary/aromatic N) is 5. The number of fused-ring (bicyclic) bond motifs is 1. The predicted molar refractivity (Wildman–Crippen MR) is 130 cm³/mol. The number of alkyl halides is 3. The molecule has 0 bridgehead atoms. The minimum atomic E-state index is -4.50. The molecule has 2 N–H and O–H groups in total. The summed E-state index contributed by atoms with van der Waals surface area (Å²) in [4.78, 5) is 27.9. The van der Waals surface area contributed by atoms with Crippen molar-refractivity contribution in [3.8, 4) is 28.7 Å². The van der Waals surface area contributed by atoms with Gasteiger partial charge in [-0.25, -0.2) is 24.9 Å². The Morgan fingerprint density at radius 3 is 2.51 bits per heavy atom. The molecule has 188 valence electrons. The zero-order valence-electron chi connectivity index (χ0n) is 20.0. The molecule has 0 spiro atoms. The van der Waals surface area contributed by atoms with Crippen molar-refractivity contribution in [3.63, 3.8) is 0 Å². The second-order valence-electron chi connectivity index (χ2n) is 9.12. The molecule has 37 heavy (non-hydrogen) atoms. The van der Waals surface area contributed by atoms with Gasteiger partial charge >= 0.3 is 6.18 Å². The first-order chi connectivity index (χ1) is 17.8. The molecule has 0 amide bonds. The molecule has 1 saturated carbocycles. The van der Waals surface area contributed by atoms with E-state index in [1.807, 2.05) is 18.3 Å². The molecule has 1 fully saturated rings. The van der Waals surface area contributed by atoms with E-state index in [2.05, 4.69) is 29.9 Å². The van der Waals surface area contributed by atoms with Crippen molar-refractivity contribution in [3.05, 3.63) is 71.2 Å². The first-order valence-corrected chi connectivity index (χ1v) is 11.8. The van der Waals surface area contributed by atoms with Crippen molar-refractivity contribution in [2.45, 2.75) is 38.3 Å². The third-order valence-electron chi connectivity index (χ3n) is 6.49. The number of hydrogen-bond donors (Lipinski definition) is 2. The lowest BCUT2D eigenvalue weighted by Crippen LogP contribution is -2.07. The van der Waals surface area contributed by atoms with E-state index in [0.717, 1.165) is 46.3 Å². The van der Waals surface area contributed by atoms with Gasteiger partial charge in [-0.1, -0.05) is 24.3 Å². The van der Waals surface area contributed by atoms with Gasteiger partial charge in [0.25, 0.3) is 0 Å². The van der Waals surface area contributed by atoms with Gasteiger partial charge in [-0.05, 0) is 25.3 Å². The summed E-state index contributed by atoms with van der Waals surface area (Å²) in [5.74, 6) is 1.51. The molecule has 6 rings (SSSR count). The van der Waals surface area contributed by atoms with Gasteiger partial charge in [0.05, 0.1) is 30.0 Å². The van der Waals surface area contributed by atoms with Crippen LogP contribution in [0.5, 0.6) is 5.88 Å². The molecule has 4 heterocycles. The lowest BCUT2D eigenvalue weighted by Gasteiger charge is -2.10. The van der Waals surface area contributed by atoms with Gasteiger partial charge in [-0.3, -0.25) is 0 Å². The highest BCUT2D eigenvalue weighted by Gasteiger charge is 2.36. The molecule has 1 aliphatic carbocycles. The van der Waals surface area contributed by atoms with Gasteiger partial charge in [0.1, 0.15) is 17.7 Å². The minimum Gasteiger partial charge on any atom is -0.480 e. The van der Waals surface area contributed by atoms with Crippen LogP contribution in [0.1, 0.15) is 47.0 Å². The minimum absolute atomic E-state index is 0.00820. The molecule has 0 radical (unpaired) electrons. The molecule has 0 unspecified atom stereocenters. The number of aryl methyl sites for hydroxylation is 1. The molecule has 0 atom stereocenters. The highest BCUT2D eigenvalue weighted by Crippen LogP contribution is 2.45. The summed E-state index contributed by atoms with van der Waals surface area (Å²) in [6, 6.07) is 7.27. The summed E-state index contributed by atoms with van der Waals surface area (Å²) in [6.45, 7) is 1.37. The third-order valence-corrected chi connectivity index (χ3v) is 6.49. The monoisotopic (exact) mass is 505 g/mol. The zero-order chi connectivity index (χ0) is 25.7. The van der Waals surface area contributed by atoms with E-state index in [0.29, 0.717) is 29.6 Å². The van der Waals surface area contributed by atoms with Gasteiger partial charge in [-0.15, -0.1) is 0 Å². The van der Waals surface area contributed by atoms with Crippen molar-refractivity contribution < 1.29 is 17.9 Å². The van der Waals surface area contributed by atoms with E-state index in [1.165, 1.54) is 13.3 Å². The first kappa shape index (κ1) is 23.1. The number of aromatic nitrogens is 7. The summed E-state index contributed by atoms with van der Waals surface area (Å²) in [7, 11) is 1.57. The molecule has 0 saturated heterocycles. The Kier molecular flexibility index (Phi) is 5.43. The highest BCUT2D eigenvalue weighted by atomic mass is 19.4. The number of hydrogen-bond acceptors (Lipinski definition) is 6. The van der Waals surface area contributed by atoms with Crippen LogP contribution in [-0.2, 0) is 12.6 Å². The molecule has 4 aromatic heterocycles. The topological polar surface area (TPSA) is 105 Å². The lowest BCUT2D eigenvalue weighted by atomic mass is 10.0. The van der Waals surface area contributed by atoms with E-state index < -0.39 is 11.9 Å². The molecule has 11 heteroatoms. The summed E-state index contributed by atoms with van der Waals surface area (Å²) in [6.07, 6.45) is 3.34. The second-order valence-corrected chi connectivity index (χ2v) is 9.12. The smallest absolute Gasteiger partial charge is 0.435 e. The maximum Gasteiger partial charge on any atom is 0.435 e. The Balaban J connectivity index is 1.31. The van der Waals surface area contributed by atoms with Gasteiger partial charge in [0.15, 0.2) is 11.5 Å². The van der Waals surface area contributed by atoms with Crippen molar-refractivity contribution in [1.82, 2.24) is 34.9 Å². The van der Waals surface area contributed by atoms with Crippen LogP contribution in [0, 0.1) is 6.92 Å². The van der Waals surface area contributed by atoms with Crippen LogP contribution in [0.15, 0.2) is 43.0 Å². The van der Waals surface area contributed by atoms with E-state index in [-0.39, 0.29) is 11.5 Å². The number of H-pyrrole nitrogens is 2. The van der Waals surface area contributed by atoms with Crippen molar-refractivity contribution in [2.24, 2.45) is 0 Å². The van der Waals surface area contributed by atoms with Crippen LogP contribution in [-0.4, -0.2) is 42.0 Å². The Hall–Kier alpha value is -4.28. The van der Waals surface area contributed by atoms with Gasteiger partial charge in [0.2, 0.25) is 5.88 Å². The van der Waals surface area contributed by atoms with E-state index >= 15 is 0 Å². The van der Waals surface area contributed by atoms with Crippen LogP contribution < -0.4 is 4.74 Å². The highest BCUT2D eigenvalue weighted by molar-refractivity contribution is 5.81. The lowest BCUT2D eigenvalue weighted by molar-refractivity contribution is -0.141. The molecule has 5 aromatic rings. The number of rotatable bonds is 6. The first-order valence-electron chi connectivity index (χ1n) is 11.8. The quantitative estimate of drug-likeness (QED) is 0.311. The predicted octanol–water partition coefficient (Wildman–Crippen LogP) is 5.61. The van der Waals surface area contributed by atoms with Gasteiger partial charge < -0.3 is 14.7 Å². The number of halogens is 3. The van der Waals surface area contributed by atoms with Crippen LogP contribution in [0.3, 0.4) is 0 Å². The van der Waals surface area contributed by atoms with E-state index in [4.69, 9.17) is 9.72 Å². The van der Waals surface area contributed by atoms with Crippen LogP contribution >= 0.6 is 0 Å². The molecule has 1 aliphatic rings. The molecule has 1 aromatic carbocycles. The summed E-state index contributed by atoms with van der Waals surface area (Å²) in [5, 5.41) is 0. The van der Waals surface area contributed by atoms with Crippen molar-refractivity contribution in [2.75, 3.05) is 7.11 Å². The number of aromatic amines is 2. The van der Waals surface area contributed by atoms with E-state index in [9.17, 15) is 13.2 Å². The number of nitrogens with one attached hydrogen (secondary N) is 2. The van der Waals surface area contributed by atoms with Crippen LogP contribution in [0.2, 0.25) is 0 Å². The average molecular weight is 506 g/mol. The Morgan fingerprint density at radius 1 is 1.05 bits per heavy atom. The second kappa shape index (κ2) is 8.68. The zero-order valence-corrected chi connectivity index (χ0v) is 20.0. The average Bonchev–Trinajstić information content (AvgIpc) is 3.55. The summed E-state index contributed by atoms with van der Waals surface area (Å²) >= 11 is 0. The van der Waals surface area contributed by atoms with Crippen molar-refractivity contribution in [1.29, 1.82) is 0 Å². The molecule has 0 aliphatic heterocycles. The van der Waals surface area contributed by atoms with Crippen molar-refractivity contribution >= 4 is 11.0 Å². The standard InChI is InChI=1S/C26H22F3N7O/c1-13-22(26(27,28)29)36-23(34-13)16-5-3-14(4-6-16)9-17-10-30-18-11-31-24(35-20(17)18)19-21(15-7-8-15)32-12-33-25(19)37-2/h3-6,10-12,15,30H,7-9H2,1-2H3,(H,34,36). The summed E-state index contributed by atoms with van der Waals surface area (Å²) < 4.78 is 44.8. The van der Waals surface area contributed by atoms with Gasteiger partial charge in [0, 0.05) is 35.4 Å². The number of methoxy groups -OCH3 is 1. The molecular weight excluding hydrogens is 483 g/mol. The normalized spacial score (nSPS) is 13.9. The molecule has 8 nitrogen and oxygen atoms in total. The number of imidazole rings is 1. The SMILES string of the molecule is COc1ncnc(C2CC2)c1-c1ncc2[nH]cc(Cc3ccc(-c4nc(C(F)(F)F)c(C)[nH]4)cc3)c2n1.